The van der Waals surface area contributed by atoms with Crippen molar-refractivity contribution in [2.24, 2.45) is 0 Å². The molecule has 0 atom stereocenters. The SMILES string of the molecule is CCNCC=Cc1ccc(-c2nc3ccccc3s2)o1. The zero-order valence-electron chi connectivity index (χ0n) is 11.3. The standard InChI is InChI=1S/C16H16N2OS/c1-2-17-11-5-6-12-9-10-14(19-12)16-18-13-7-3-4-8-15(13)20-16/h3-10,17H,2,11H2,1H3. The zero-order chi connectivity index (χ0) is 13.8. The van der Waals surface area contributed by atoms with Crippen molar-refractivity contribution >= 4 is 27.6 Å². The molecule has 0 spiro atoms. The third-order valence-corrected chi connectivity index (χ3v) is 3.98. The molecule has 0 saturated heterocycles. The lowest BCUT2D eigenvalue weighted by Gasteiger charge is -1.92. The summed E-state index contributed by atoms with van der Waals surface area (Å²) in [7, 11) is 0. The highest BCUT2D eigenvalue weighted by atomic mass is 32.1. The molecule has 0 bridgehead atoms. The monoisotopic (exact) mass is 284 g/mol. The van der Waals surface area contributed by atoms with Crippen LogP contribution in [0, 0.1) is 0 Å². The van der Waals surface area contributed by atoms with Crippen LogP contribution in [0.4, 0.5) is 0 Å². The van der Waals surface area contributed by atoms with Gasteiger partial charge < -0.3 is 9.73 Å². The molecule has 0 amide bonds. The van der Waals surface area contributed by atoms with Crippen LogP contribution in [-0.2, 0) is 0 Å². The third-order valence-electron chi connectivity index (χ3n) is 2.93. The second kappa shape index (κ2) is 6.03. The van der Waals surface area contributed by atoms with Crippen LogP contribution in [0.2, 0.25) is 0 Å². The lowest BCUT2D eigenvalue weighted by molar-refractivity contribution is 0.571. The summed E-state index contributed by atoms with van der Waals surface area (Å²) in [5.74, 6) is 1.69. The Balaban J connectivity index is 1.80. The molecule has 0 aliphatic rings. The van der Waals surface area contributed by atoms with Crippen molar-refractivity contribution in [1.82, 2.24) is 10.3 Å². The molecular formula is C16H16N2OS. The van der Waals surface area contributed by atoms with E-state index in [4.69, 9.17) is 4.42 Å². The predicted octanol–water partition coefficient (Wildman–Crippen LogP) is 4.18. The Morgan fingerprint density at radius 1 is 1.25 bits per heavy atom. The van der Waals surface area contributed by atoms with Crippen molar-refractivity contribution in [2.75, 3.05) is 13.1 Å². The van der Waals surface area contributed by atoms with Crippen molar-refractivity contribution in [1.29, 1.82) is 0 Å². The molecule has 3 rings (SSSR count). The van der Waals surface area contributed by atoms with Gasteiger partial charge in [0.2, 0.25) is 0 Å². The van der Waals surface area contributed by atoms with E-state index >= 15 is 0 Å². The maximum Gasteiger partial charge on any atom is 0.163 e. The van der Waals surface area contributed by atoms with E-state index in [9.17, 15) is 0 Å². The maximum absolute atomic E-state index is 5.81. The van der Waals surface area contributed by atoms with Crippen LogP contribution in [0.1, 0.15) is 12.7 Å². The van der Waals surface area contributed by atoms with Gasteiger partial charge in [-0.25, -0.2) is 4.98 Å². The summed E-state index contributed by atoms with van der Waals surface area (Å²) >= 11 is 1.65. The second-order valence-corrected chi connectivity index (χ2v) is 5.43. The van der Waals surface area contributed by atoms with E-state index in [2.05, 4.69) is 29.4 Å². The van der Waals surface area contributed by atoms with E-state index in [1.807, 2.05) is 36.4 Å². The largest absolute Gasteiger partial charge is 0.454 e. The molecule has 1 aromatic carbocycles. The first-order valence-corrected chi connectivity index (χ1v) is 7.51. The van der Waals surface area contributed by atoms with Crippen molar-refractivity contribution in [3.8, 4) is 10.8 Å². The quantitative estimate of drug-likeness (QED) is 0.714. The highest BCUT2D eigenvalue weighted by Gasteiger charge is 2.09. The number of nitrogens with one attached hydrogen (secondary N) is 1. The highest BCUT2D eigenvalue weighted by molar-refractivity contribution is 7.21. The summed E-state index contributed by atoms with van der Waals surface area (Å²) < 4.78 is 7.00. The first-order valence-electron chi connectivity index (χ1n) is 6.70. The van der Waals surface area contributed by atoms with Gasteiger partial charge in [-0.3, -0.25) is 0 Å². The number of benzene rings is 1. The molecule has 0 fully saturated rings. The lowest BCUT2D eigenvalue weighted by Crippen LogP contribution is -2.11. The summed E-state index contributed by atoms with van der Waals surface area (Å²) in [5, 5.41) is 4.16. The van der Waals surface area contributed by atoms with E-state index in [-0.39, 0.29) is 0 Å². The van der Waals surface area contributed by atoms with Gasteiger partial charge in [0.1, 0.15) is 5.76 Å². The molecule has 0 aliphatic carbocycles. The third kappa shape index (κ3) is 2.81. The number of aromatic nitrogens is 1. The van der Waals surface area contributed by atoms with E-state index < -0.39 is 0 Å². The van der Waals surface area contributed by atoms with E-state index in [1.165, 1.54) is 4.70 Å². The van der Waals surface area contributed by atoms with Crippen LogP contribution in [-0.4, -0.2) is 18.1 Å². The van der Waals surface area contributed by atoms with Crippen LogP contribution in [0.3, 0.4) is 0 Å². The Bertz CT molecular complexity index is 694. The van der Waals surface area contributed by atoms with Crippen LogP contribution in [0.5, 0.6) is 0 Å². The summed E-state index contributed by atoms with van der Waals surface area (Å²) in [6.07, 6.45) is 4.05. The smallest absolute Gasteiger partial charge is 0.163 e. The van der Waals surface area contributed by atoms with Gasteiger partial charge in [-0.15, -0.1) is 11.3 Å². The van der Waals surface area contributed by atoms with Gasteiger partial charge in [-0.05, 0) is 36.9 Å². The molecule has 2 heterocycles. The average molecular weight is 284 g/mol. The van der Waals surface area contributed by atoms with Crippen molar-refractivity contribution in [2.45, 2.75) is 6.92 Å². The summed E-state index contributed by atoms with van der Waals surface area (Å²) in [6, 6.07) is 12.1. The first kappa shape index (κ1) is 13.1. The fourth-order valence-electron chi connectivity index (χ4n) is 1.94. The van der Waals surface area contributed by atoms with Crippen LogP contribution >= 0.6 is 11.3 Å². The molecule has 102 valence electrons. The molecule has 3 aromatic rings. The average Bonchev–Trinajstić information content (AvgIpc) is 3.09. The highest BCUT2D eigenvalue weighted by Crippen LogP contribution is 2.31. The Morgan fingerprint density at radius 2 is 2.15 bits per heavy atom. The Labute approximate surface area is 122 Å². The van der Waals surface area contributed by atoms with E-state index in [0.29, 0.717) is 0 Å². The molecule has 0 aliphatic heterocycles. The van der Waals surface area contributed by atoms with Gasteiger partial charge in [0.25, 0.3) is 0 Å². The van der Waals surface area contributed by atoms with Gasteiger partial charge >= 0.3 is 0 Å². The Kier molecular flexibility index (Phi) is 3.95. The topological polar surface area (TPSA) is 38.1 Å². The minimum absolute atomic E-state index is 0.828. The Morgan fingerprint density at radius 3 is 3.00 bits per heavy atom. The summed E-state index contributed by atoms with van der Waals surface area (Å²) in [4.78, 5) is 4.59. The van der Waals surface area contributed by atoms with Crippen LogP contribution in [0.15, 0.2) is 46.9 Å². The van der Waals surface area contributed by atoms with Gasteiger partial charge in [0.15, 0.2) is 10.8 Å². The van der Waals surface area contributed by atoms with Crippen LogP contribution < -0.4 is 5.32 Å². The number of hydrogen-bond donors (Lipinski definition) is 1. The van der Waals surface area contributed by atoms with E-state index in [0.717, 1.165) is 35.1 Å². The number of hydrogen-bond acceptors (Lipinski definition) is 4. The summed E-state index contributed by atoms with van der Waals surface area (Å²) in [6.45, 7) is 3.92. The molecule has 2 aromatic heterocycles. The minimum Gasteiger partial charge on any atom is -0.454 e. The second-order valence-electron chi connectivity index (χ2n) is 4.40. The molecule has 0 radical (unpaired) electrons. The number of furan rings is 1. The number of likely N-dealkylation sites (N-methyl/N-ethyl adjacent to an activating group) is 1. The van der Waals surface area contributed by atoms with Crippen molar-refractivity contribution in [3.05, 3.63) is 48.2 Å². The predicted molar refractivity (Wildman–Crippen MR) is 84.9 cm³/mol. The molecule has 3 nitrogen and oxygen atoms in total. The number of thiazole rings is 1. The van der Waals surface area contributed by atoms with Gasteiger partial charge in [0.05, 0.1) is 10.2 Å². The Hall–Kier alpha value is -1.91. The number of fused-ring (bicyclic) bond motifs is 1. The fraction of sp³-hybridized carbons (Fsp3) is 0.188. The van der Waals surface area contributed by atoms with Gasteiger partial charge in [-0.1, -0.05) is 25.1 Å². The number of para-hydroxylation sites is 1. The lowest BCUT2D eigenvalue weighted by atomic mass is 10.3. The van der Waals surface area contributed by atoms with Crippen molar-refractivity contribution < 1.29 is 4.42 Å². The van der Waals surface area contributed by atoms with Gasteiger partial charge in [-0.2, -0.15) is 0 Å². The van der Waals surface area contributed by atoms with Gasteiger partial charge in [0, 0.05) is 6.54 Å². The summed E-state index contributed by atoms with van der Waals surface area (Å²) in [5.41, 5.74) is 1.02. The number of rotatable bonds is 5. The van der Waals surface area contributed by atoms with Crippen molar-refractivity contribution in [3.63, 3.8) is 0 Å². The first-order chi connectivity index (χ1) is 9.86. The molecule has 4 heteroatoms. The maximum atomic E-state index is 5.81. The molecule has 0 unspecified atom stereocenters. The molecular weight excluding hydrogens is 268 g/mol. The van der Waals surface area contributed by atoms with E-state index in [1.54, 1.807) is 11.3 Å². The normalized spacial score (nSPS) is 11.7. The fourth-order valence-corrected chi connectivity index (χ4v) is 2.87. The molecule has 1 N–H and O–H groups in total. The zero-order valence-corrected chi connectivity index (χ0v) is 12.1. The molecule has 0 saturated carbocycles. The minimum atomic E-state index is 0.828. The van der Waals surface area contributed by atoms with Crippen LogP contribution in [0.25, 0.3) is 27.1 Å². The number of nitrogens with zero attached hydrogens (tertiary/aromatic N) is 1. The molecule has 20 heavy (non-hydrogen) atoms.